The summed E-state index contributed by atoms with van der Waals surface area (Å²) >= 11 is 1.77. The number of aryl methyl sites for hydroxylation is 1. The molecule has 0 saturated carbocycles. The predicted octanol–water partition coefficient (Wildman–Crippen LogP) is 3.23. The van der Waals surface area contributed by atoms with Gasteiger partial charge in [-0.3, -0.25) is 0 Å². The summed E-state index contributed by atoms with van der Waals surface area (Å²) < 4.78 is 5.85. The van der Waals surface area contributed by atoms with Crippen LogP contribution in [-0.4, -0.2) is 16.7 Å². The predicted molar refractivity (Wildman–Crippen MR) is 78.4 cm³/mol. The molecule has 0 bridgehead atoms. The van der Waals surface area contributed by atoms with Crippen LogP contribution >= 0.6 is 11.3 Å². The van der Waals surface area contributed by atoms with E-state index >= 15 is 0 Å². The maximum Gasteiger partial charge on any atom is 0.122 e. The quantitative estimate of drug-likeness (QED) is 0.875. The average molecular weight is 287 g/mol. The minimum absolute atomic E-state index is 0.327. The molecule has 3 nitrogen and oxygen atoms in total. The lowest BCUT2D eigenvalue weighted by Crippen LogP contribution is -2.19. The van der Waals surface area contributed by atoms with Crippen molar-refractivity contribution in [3.8, 4) is 5.75 Å². The first-order valence-corrected chi connectivity index (χ1v) is 8.01. The molecular weight excluding hydrogens is 270 g/mol. The fourth-order valence-electron chi connectivity index (χ4n) is 3.08. The number of hydrogen-bond acceptors (Lipinski definition) is 4. The molecule has 2 atom stereocenters. The van der Waals surface area contributed by atoms with Crippen LogP contribution in [0.15, 0.2) is 24.3 Å². The molecule has 4 rings (SSSR count). The molecule has 2 unspecified atom stereocenters. The highest BCUT2D eigenvalue weighted by Gasteiger charge is 2.28. The Kier molecular flexibility index (Phi) is 3.00. The van der Waals surface area contributed by atoms with Crippen molar-refractivity contribution in [1.29, 1.82) is 0 Å². The molecular formula is C16H17NO2S. The molecule has 2 aromatic rings. The van der Waals surface area contributed by atoms with Crippen molar-refractivity contribution in [2.75, 3.05) is 6.61 Å². The number of hydrogen-bond donors (Lipinski definition) is 1. The Morgan fingerprint density at radius 2 is 2.20 bits per heavy atom. The Labute approximate surface area is 122 Å². The Balaban J connectivity index is 1.63. The molecule has 0 amide bonds. The topological polar surface area (TPSA) is 42.4 Å². The number of ether oxygens (including phenoxy) is 1. The number of benzene rings is 1. The second kappa shape index (κ2) is 4.86. The number of aliphatic hydroxyl groups is 1. The molecule has 0 saturated heterocycles. The van der Waals surface area contributed by atoms with Gasteiger partial charge in [0.05, 0.1) is 18.4 Å². The third-order valence-electron chi connectivity index (χ3n) is 4.17. The minimum Gasteiger partial charge on any atom is -0.493 e. The molecule has 20 heavy (non-hydrogen) atoms. The fraction of sp³-hybridized carbons (Fsp3) is 0.438. The van der Waals surface area contributed by atoms with E-state index in [1.807, 2.05) is 12.1 Å². The van der Waals surface area contributed by atoms with Gasteiger partial charge in [-0.2, -0.15) is 0 Å². The maximum absolute atomic E-state index is 10.0. The van der Waals surface area contributed by atoms with Crippen LogP contribution in [0.2, 0.25) is 0 Å². The van der Waals surface area contributed by atoms with Crippen LogP contribution in [0.25, 0.3) is 0 Å². The molecule has 2 aliphatic rings. The second-order valence-electron chi connectivity index (χ2n) is 5.59. The van der Waals surface area contributed by atoms with Crippen molar-refractivity contribution in [3.05, 3.63) is 45.4 Å². The van der Waals surface area contributed by atoms with Crippen molar-refractivity contribution in [2.24, 2.45) is 0 Å². The van der Waals surface area contributed by atoms with Crippen molar-refractivity contribution < 1.29 is 9.84 Å². The number of thiazole rings is 1. The van der Waals surface area contributed by atoms with Crippen LogP contribution in [0.4, 0.5) is 0 Å². The highest BCUT2D eigenvalue weighted by molar-refractivity contribution is 7.11. The summed E-state index contributed by atoms with van der Waals surface area (Å²) in [5.74, 6) is 1.33. The fourth-order valence-corrected chi connectivity index (χ4v) is 4.32. The third-order valence-corrected chi connectivity index (χ3v) is 5.46. The smallest absolute Gasteiger partial charge is 0.122 e. The maximum atomic E-state index is 10.0. The summed E-state index contributed by atoms with van der Waals surface area (Å²) in [7, 11) is 0. The van der Waals surface area contributed by atoms with Crippen molar-refractivity contribution >= 4 is 11.3 Å². The number of para-hydroxylation sites is 1. The van der Waals surface area contributed by atoms with Gasteiger partial charge in [0.1, 0.15) is 10.8 Å². The van der Waals surface area contributed by atoms with E-state index in [1.54, 1.807) is 11.3 Å². The summed E-state index contributed by atoms with van der Waals surface area (Å²) in [6.07, 6.45) is 3.60. The molecule has 0 fully saturated rings. The van der Waals surface area contributed by atoms with Gasteiger partial charge in [0, 0.05) is 10.8 Å². The SMILES string of the molecule is OC1CCCc2sc(C3COc4ccccc4C3)nc21. The Morgan fingerprint density at radius 3 is 3.10 bits per heavy atom. The molecule has 4 heteroatoms. The van der Waals surface area contributed by atoms with E-state index in [4.69, 9.17) is 9.72 Å². The van der Waals surface area contributed by atoms with Crippen molar-refractivity contribution in [3.63, 3.8) is 0 Å². The third kappa shape index (κ3) is 2.03. The zero-order chi connectivity index (χ0) is 13.5. The van der Waals surface area contributed by atoms with E-state index in [1.165, 1.54) is 10.4 Å². The lowest BCUT2D eigenvalue weighted by Gasteiger charge is -2.23. The van der Waals surface area contributed by atoms with Gasteiger partial charge in [-0.25, -0.2) is 4.98 Å². The standard InChI is InChI=1S/C16H17NO2S/c18-12-5-3-7-14-15(12)17-16(20-14)11-8-10-4-1-2-6-13(10)19-9-11/h1-2,4,6,11-12,18H,3,5,7-9H2. The molecule has 0 radical (unpaired) electrons. The summed E-state index contributed by atoms with van der Waals surface area (Å²) in [5, 5.41) is 11.2. The molecule has 1 aliphatic heterocycles. The Hall–Kier alpha value is -1.39. The van der Waals surface area contributed by atoms with Crippen LogP contribution in [0.1, 0.15) is 46.0 Å². The highest BCUT2D eigenvalue weighted by atomic mass is 32.1. The van der Waals surface area contributed by atoms with Crippen LogP contribution < -0.4 is 4.74 Å². The van der Waals surface area contributed by atoms with Crippen LogP contribution in [-0.2, 0) is 12.8 Å². The van der Waals surface area contributed by atoms with E-state index in [9.17, 15) is 5.11 Å². The van der Waals surface area contributed by atoms with Crippen LogP contribution in [0.5, 0.6) is 5.75 Å². The Morgan fingerprint density at radius 1 is 1.30 bits per heavy atom. The van der Waals surface area contributed by atoms with Gasteiger partial charge in [-0.1, -0.05) is 18.2 Å². The van der Waals surface area contributed by atoms with E-state index in [0.717, 1.165) is 42.1 Å². The van der Waals surface area contributed by atoms with Gasteiger partial charge in [0.2, 0.25) is 0 Å². The first-order valence-electron chi connectivity index (χ1n) is 7.19. The normalized spacial score (nSPS) is 24.6. The summed E-state index contributed by atoms with van der Waals surface area (Å²) in [6, 6.07) is 8.23. The van der Waals surface area contributed by atoms with Crippen LogP contribution in [0.3, 0.4) is 0 Å². The largest absolute Gasteiger partial charge is 0.493 e. The first kappa shape index (κ1) is 12.4. The molecule has 1 aromatic heterocycles. The van der Waals surface area contributed by atoms with Gasteiger partial charge < -0.3 is 9.84 Å². The van der Waals surface area contributed by atoms with Crippen molar-refractivity contribution in [1.82, 2.24) is 4.98 Å². The highest BCUT2D eigenvalue weighted by Crippen LogP contribution is 2.38. The van der Waals surface area contributed by atoms with E-state index in [2.05, 4.69) is 12.1 Å². The van der Waals surface area contributed by atoms with E-state index in [0.29, 0.717) is 12.5 Å². The number of rotatable bonds is 1. The van der Waals surface area contributed by atoms with Gasteiger partial charge in [0.25, 0.3) is 0 Å². The van der Waals surface area contributed by atoms with Gasteiger partial charge in [-0.05, 0) is 37.3 Å². The van der Waals surface area contributed by atoms with Gasteiger partial charge in [-0.15, -0.1) is 11.3 Å². The van der Waals surface area contributed by atoms with Gasteiger partial charge >= 0.3 is 0 Å². The van der Waals surface area contributed by atoms with E-state index < -0.39 is 0 Å². The molecule has 1 aliphatic carbocycles. The molecule has 1 aromatic carbocycles. The zero-order valence-corrected chi connectivity index (χ0v) is 12.0. The number of fused-ring (bicyclic) bond motifs is 2. The van der Waals surface area contributed by atoms with Crippen molar-refractivity contribution in [2.45, 2.75) is 37.7 Å². The second-order valence-corrected chi connectivity index (χ2v) is 6.70. The number of aliphatic hydroxyl groups excluding tert-OH is 1. The summed E-state index contributed by atoms with van der Waals surface area (Å²) in [4.78, 5) is 5.99. The summed E-state index contributed by atoms with van der Waals surface area (Å²) in [6.45, 7) is 0.694. The molecule has 2 heterocycles. The zero-order valence-electron chi connectivity index (χ0n) is 11.2. The number of nitrogens with zero attached hydrogens (tertiary/aromatic N) is 1. The lowest BCUT2D eigenvalue weighted by molar-refractivity contribution is 0.152. The lowest BCUT2D eigenvalue weighted by atomic mass is 9.97. The minimum atomic E-state index is -0.361. The summed E-state index contributed by atoms with van der Waals surface area (Å²) in [5.41, 5.74) is 2.19. The van der Waals surface area contributed by atoms with E-state index in [-0.39, 0.29) is 6.10 Å². The average Bonchev–Trinajstić information content (AvgIpc) is 2.92. The number of aromatic nitrogens is 1. The molecule has 0 spiro atoms. The van der Waals surface area contributed by atoms with Gasteiger partial charge in [0.15, 0.2) is 0 Å². The Bertz CT molecular complexity index is 637. The van der Waals surface area contributed by atoms with Crippen LogP contribution in [0, 0.1) is 0 Å². The molecule has 104 valence electrons. The first-order chi connectivity index (χ1) is 9.81. The monoisotopic (exact) mass is 287 g/mol. The molecule has 1 N–H and O–H groups in total.